The second-order valence-corrected chi connectivity index (χ2v) is 7.05. The number of rotatable bonds is 4. The van der Waals surface area contributed by atoms with Crippen LogP contribution in [0.4, 0.5) is 10.1 Å². The van der Waals surface area contributed by atoms with Crippen LogP contribution in [0.2, 0.25) is 0 Å². The van der Waals surface area contributed by atoms with E-state index in [1.54, 1.807) is 17.0 Å². The zero-order chi connectivity index (χ0) is 20.0. The first kappa shape index (κ1) is 17.6. The first-order chi connectivity index (χ1) is 14.1. The lowest BCUT2D eigenvalue weighted by atomic mass is 9.89. The molecule has 0 aromatic heterocycles. The number of β-lactam (4-membered cyclic amide) rings is 1. The highest BCUT2D eigenvalue weighted by molar-refractivity contribution is 6.05. The van der Waals surface area contributed by atoms with Gasteiger partial charge in [0.2, 0.25) is 12.9 Å². The molecule has 2 aliphatic rings. The number of fused-ring (bicyclic) bond motifs is 1. The van der Waals surface area contributed by atoms with E-state index in [0.29, 0.717) is 22.9 Å². The Labute approximate surface area is 167 Å². The van der Waals surface area contributed by atoms with Gasteiger partial charge >= 0.3 is 0 Å². The maximum absolute atomic E-state index is 13.4. The molecule has 29 heavy (non-hydrogen) atoms. The zero-order valence-corrected chi connectivity index (χ0v) is 15.7. The normalized spacial score (nSPS) is 19.8. The first-order valence-electron chi connectivity index (χ1n) is 9.32. The fourth-order valence-electron chi connectivity index (χ4n) is 3.71. The Balaban J connectivity index is 1.53. The Hall–Kier alpha value is -3.54. The molecule has 0 aliphatic carbocycles. The monoisotopic (exact) mass is 391 g/mol. The number of ether oxygens (including phenoxy) is 3. The molecule has 5 rings (SSSR count). The number of aryl methyl sites for hydroxylation is 1. The van der Waals surface area contributed by atoms with E-state index in [4.69, 9.17) is 14.2 Å². The average molecular weight is 391 g/mol. The van der Waals surface area contributed by atoms with Crippen molar-refractivity contribution in [2.24, 2.45) is 0 Å². The number of halogens is 1. The van der Waals surface area contributed by atoms with Crippen LogP contribution in [-0.4, -0.2) is 18.8 Å². The maximum atomic E-state index is 13.4. The summed E-state index contributed by atoms with van der Waals surface area (Å²) in [4.78, 5) is 14.7. The predicted molar refractivity (Wildman–Crippen MR) is 105 cm³/mol. The fraction of sp³-hybridized carbons (Fsp3) is 0.174. The van der Waals surface area contributed by atoms with Crippen LogP contribution in [0.3, 0.4) is 0 Å². The number of carbonyl (C=O) groups excluding carboxylic acids is 1. The van der Waals surface area contributed by atoms with Crippen LogP contribution in [0.5, 0.6) is 17.2 Å². The van der Waals surface area contributed by atoms with Crippen LogP contribution in [0.1, 0.15) is 17.2 Å². The number of anilines is 1. The molecule has 0 spiro atoms. The Morgan fingerprint density at radius 1 is 1.00 bits per heavy atom. The van der Waals surface area contributed by atoms with E-state index < -0.39 is 6.10 Å². The second-order valence-electron chi connectivity index (χ2n) is 7.05. The van der Waals surface area contributed by atoms with Crippen molar-refractivity contribution in [1.82, 2.24) is 0 Å². The van der Waals surface area contributed by atoms with Crippen LogP contribution in [0.15, 0.2) is 66.7 Å². The van der Waals surface area contributed by atoms with Gasteiger partial charge < -0.3 is 14.2 Å². The van der Waals surface area contributed by atoms with E-state index in [1.807, 2.05) is 49.4 Å². The summed E-state index contributed by atoms with van der Waals surface area (Å²) >= 11 is 0. The van der Waals surface area contributed by atoms with Crippen molar-refractivity contribution in [3.63, 3.8) is 0 Å². The summed E-state index contributed by atoms with van der Waals surface area (Å²) in [6.07, 6.45) is -0.693. The van der Waals surface area contributed by atoms with Crippen molar-refractivity contribution in [3.05, 3.63) is 83.7 Å². The van der Waals surface area contributed by atoms with Gasteiger partial charge in [-0.25, -0.2) is 4.39 Å². The molecular formula is C23H18FNO4. The summed E-state index contributed by atoms with van der Waals surface area (Å²) in [6, 6.07) is 18.7. The van der Waals surface area contributed by atoms with Gasteiger partial charge in [0, 0.05) is 5.69 Å². The van der Waals surface area contributed by atoms with E-state index >= 15 is 0 Å². The fourth-order valence-corrected chi connectivity index (χ4v) is 3.71. The first-order valence-corrected chi connectivity index (χ1v) is 9.32. The zero-order valence-electron chi connectivity index (χ0n) is 15.7. The quantitative estimate of drug-likeness (QED) is 0.619. The van der Waals surface area contributed by atoms with Crippen LogP contribution >= 0.6 is 0 Å². The Bertz CT molecular complexity index is 1080. The molecule has 1 fully saturated rings. The van der Waals surface area contributed by atoms with Gasteiger partial charge in [-0.1, -0.05) is 24.3 Å². The Kier molecular flexibility index (Phi) is 4.12. The van der Waals surface area contributed by atoms with Crippen LogP contribution < -0.4 is 19.1 Å². The largest absolute Gasteiger partial charge is 0.478 e. The van der Waals surface area contributed by atoms with Gasteiger partial charge in [0.1, 0.15) is 17.6 Å². The van der Waals surface area contributed by atoms with Gasteiger partial charge in [-0.2, -0.15) is 0 Å². The second kappa shape index (κ2) is 6.81. The molecule has 0 unspecified atom stereocenters. The molecule has 146 valence electrons. The number of amides is 1. The molecule has 0 radical (unpaired) electrons. The van der Waals surface area contributed by atoms with E-state index in [0.717, 1.165) is 11.1 Å². The van der Waals surface area contributed by atoms with Gasteiger partial charge in [-0.15, -0.1) is 0 Å². The third kappa shape index (κ3) is 2.97. The van der Waals surface area contributed by atoms with Crippen molar-refractivity contribution >= 4 is 11.6 Å². The molecule has 3 aromatic carbocycles. The van der Waals surface area contributed by atoms with Crippen LogP contribution in [0.25, 0.3) is 0 Å². The Morgan fingerprint density at radius 2 is 1.76 bits per heavy atom. The maximum Gasteiger partial charge on any atom is 0.271 e. The highest BCUT2D eigenvalue weighted by Gasteiger charge is 2.51. The van der Waals surface area contributed by atoms with Crippen molar-refractivity contribution in [1.29, 1.82) is 0 Å². The molecule has 0 bridgehead atoms. The summed E-state index contributed by atoms with van der Waals surface area (Å²) in [5.41, 5.74) is 2.42. The number of para-hydroxylation sites is 1. The molecule has 0 saturated carbocycles. The average Bonchev–Trinajstić information content (AvgIpc) is 3.20. The minimum Gasteiger partial charge on any atom is -0.478 e. The molecule has 3 aromatic rings. The van der Waals surface area contributed by atoms with Gasteiger partial charge in [0.05, 0.1) is 0 Å². The molecule has 2 heterocycles. The van der Waals surface area contributed by atoms with Crippen molar-refractivity contribution in [2.75, 3.05) is 11.7 Å². The van der Waals surface area contributed by atoms with Gasteiger partial charge in [0.15, 0.2) is 11.5 Å². The predicted octanol–water partition coefficient (Wildman–Crippen LogP) is 4.40. The topological polar surface area (TPSA) is 48.0 Å². The number of hydrogen-bond donors (Lipinski definition) is 0. The highest BCUT2D eigenvalue weighted by Crippen LogP contribution is 2.44. The van der Waals surface area contributed by atoms with Crippen molar-refractivity contribution in [3.8, 4) is 17.2 Å². The van der Waals surface area contributed by atoms with E-state index in [2.05, 4.69) is 0 Å². The lowest BCUT2D eigenvalue weighted by Gasteiger charge is -2.46. The van der Waals surface area contributed by atoms with E-state index in [1.165, 1.54) is 12.1 Å². The molecule has 1 amide bonds. The molecule has 2 atom stereocenters. The Morgan fingerprint density at radius 3 is 2.55 bits per heavy atom. The van der Waals surface area contributed by atoms with Gasteiger partial charge in [-0.05, 0) is 60.5 Å². The number of benzene rings is 3. The third-order valence-electron chi connectivity index (χ3n) is 5.24. The SMILES string of the molecule is Cc1ccccc1O[C@@H]1C(=O)N(c2ccc(F)cc2)[C@H]1c1ccc2c(c1)OCO2. The van der Waals surface area contributed by atoms with E-state index in [9.17, 15) is 9.18 Å². The molecule has 1 saturated heterocycles. The number of nitrogens with zero attached hydrogens (tertiary/aromatic N) is 1. The summed E-state index contributed by atoms with van der Waals surface area (Å²) in [5.74, 6) is 1.44. The van der Waals surface area contributed by atoms with Gasteiger partial charge in [0.25, 0.3) is 5.91 Å². The smallest absolute Gasteiger partial charge is 0.271 e. The number of hydrogen-bond acceptors (Lipinski definition) is 4. The molecule has 2 aliphatic heterocycles. The molecule has 5 nitrogen and oxygen atoms in total. The van der Waals surface area contributed by atoms with E-state index in [-0.39, 0.29) is 24.6 Å². The molecule has 6 heteroatoms. The molecular weight excluding hydrogens is 373 g/mol. The standard InChI is InChI=1S/C23H18FNO4/c1-14-4-2-3-5-18(14)29-22-21(15-6-11-19-20(12-15)28-13-27-19)25(23(22)26)17-9-7-16(24)8-10-17/h2-12,21-22H,13H2,1H3/t21-,22-/m0/s1. The number of carbonyl (C=O) groups is 1. The molecule has 0 N–H and O–H groups in total. The van der Waals surface area contributed by atoms with Crippen LogP contribution in [0, 0.1) is 12.7 Å². The summed E-state index contributed by atoms with van der Waals surface area (Å²) in [7, 11) is 0. The van der Waals surface area contributed by atoms with Crippen LogP contribution in [-0.2, 0) is 4.79 Å². The summed E-state index contributed by atoms with van der Waals surface area (Å²) in [5, 5.41) is 0. The lowest BCUT2D eigenvalue weighted by Crippen LogP contribution is -2.61. The lowest BCUT2D eigenvalue weighted by molar-refractivity contribution is -0.135. The third-order valence-corrected chi connectivity index (χ3v) is 5.24. The highest BCUT2D eigenvalue weighted by atomic mass is 19.1. The summed E-state index contributed by atoms with van der Waals surface area (Å²) in [6.45, 7) is 2.11. The minimum atomic E-state index is -0.693. The van der Waals surface area contributed by atoms with Gasteiger partial charge in [-0.3, -0.25) is 9.69 Å². The van der Waals surface area contributed by atoms with Crippen molar-refractivity contribution < 1.29 is 23.4 Å². The minimum absolute atomic E-state index is 0.174. The summed E-state index contributed by atoms with van der Waals surface area (Å²) < 4.78 is 30.4. The van der Waals surface area contributed by atoms with Crippen molar-refractivity contribution in [2.45, 2.75) is 19.1 Å².